The van der Waals surface area contributed by atoms with Crippen molar-refractivity contribution in [3.8, 4) is 10.6 Å². The van der Waals surface area contributed by atoms with Crippen molar-refractivity contribution in [1.29, 1.82) is 0 Å². The normalized spacial score (nSPS) is 10.1. The molecule has 0 aliphatic heterocycles. The van der Waals surface area contributed by atoms with E-state index in [1.54, 1.807) is 25.5 Å². The largest absolute Gasteiger partial charge is 0.376 e. The zero-order valence-electron chi connectivity index (χ0n) is 7.49. The van der Waals surface area contributed by atoms with Gasteiger partial charge in [-0.1, -0.05) is 11.3 Å². The zero-order chi connectivity index (χ0) is 9.97. The lowest BCUT2D eigenvalue weighted by atomic mass is 10.3. The molecule has 3 nitrogen and oxygen atoms in total. The lowest BCUT2D eigenvalue weighted by Gasteiger charge is -1.91. The molecule has 0 radical (unpaired) electrons. The molecular formula is C9H8FN3S. The summed E-state index contributed by atoms with van der Waals surface area (Å²) in [6.45, 7) is 0. The highest BCUT2D eigenvalue weighted by Gasteiger charge is 2.10. The molecule has 0 unspecified atom stereocenters. The van der Waals surface area contributed by atoms with Crippen LogP contribution in [0.2, 0.25) is 0 Å². The molecular weight excluding hydrogens is 201 g/mol. The summed E-state index contributed by atoms with van der Waals surface area (Å²) in [5.74, 6) is -0.462. The Morgan fingerprint density at radius 3 is 2.93 bits per heavy atom. The van der Waals surface area contributed by atoms with Crippen molar-refractivity contribution in [3.63, 3.8) is 0 Å². The fourth-order valence-corrected chi connectivity index (χ4v) is 1.86. The molecule has 0 aromatic carbocycles. The standard InChI is InChI=1S/C9H8FN3S/c1-11-9-7(10)13-8(14-9)6-3-2-4-12-5-6/h2-5,11H,1H3. The van der Waals surface area contributed by atoms with E-state index in [0.717, 1.165) is 5.56 Å². The smallest absolute Gasteiger partial charge is 0.248 e. The van der Waals surface area contributed by atoms with E-state index in [-0.39, 0.29) is 0 Å². The first-order chi connectivity index (χ1) is 6.81. The van der Waals surface area contributed by atoms with E-state index in [9.17, 15) is 4.39 Å². The SMILES string of the molecule is CNc1sc(-c2cccnc2)nc1F. The quantitative estimate of drug-likeness (QED) is 0.825. The topological polar surface area (TPSA) is 37.8 Å². The lowest BCUT2D eigenvalue weighted by molar-refractivity contribution is 0.596. The Morgan fingerprint density at radius 1 is 1.50 bits per heavy atom. The van der Waals surface area contributed by atoms with E-state index in [2.05, 4.69) is 15.3 Å². The van der Waals surface area contributed by atoms with E-state index in [0.29, 0.717) is 10.0 Å². The maximum Gasteiger partial charge on any atom is 0.248 e. The van der Waals surface area contributed by atoms with Gasteiger partial charge in [0.15, 0.2) is 0 Å². The first-order valence-corrected chi connectivity index (χ1v) is 4.87. The van der Waals surface area contributed by atoms with Gasteiger partial charge in [-0.2, -0.15) is 4.39 Å². The molecule has 1 N–H and O–H groups in total. The Morgan fingerprint density at radius 2 is 2.36 bits per heavy atom. The summed E-state index contributed by atoms with van der Waals surface area (Å²) in [4.78, 5) is 7.75. The summed E-state index contributed by atoms with van der Waals surface area (Å²) < 4.78 is 13.1. The Hall–Kier alpha value is -1.49. The predicted molar refractivity (Wildman–Crippen MR) is 54.8 cm³/mol. The molecule has 2 rings (SSSR count). The zero-order valence-corrected chi connectivity index (χ0v) is 8.31. The van der Waals surface area contributed by atoms with Crippen molar-refractivity contribution in [2.24, 2.45) is 0 Å². The number of anilines is 1. The van der Waals surface area contributed by atoms with Crippen LogP contribution in [-0.4, -0.2) is 17.0 Å². The van der Waals surface area contributed by atoms with Crippen LogP contribution in [-0.2, 0) is 0 Å². The molecule has 2 heterocycles. The molecule has 5 heteroatoms. The van der Waals surface area contributed by atoms with Gasteiger partial charge in [0, 0.05) is 25.0 Å². The first kappa shape index (κ1) is 9.08. The average molecular weight is 209 g/mol. The van der Waals surface area contributed by atoms with Crippen molar-refractivity contribution >= 4 is 16.3 Å². The minimum atomic E-state index is -0.462. The van der Waals surface area contributed by atoms with Crippen molar-refractivity contribution in [1.82, 2.24) is 9.97 Å². The highest BCUT2D eigenvalue weighted by molar-refractivity contribution is 7.18. The molecule has 0 bridgehead atoms. The molecule has 0 atom stereocenters. The van der Waals surface area contributed by atoms with Crippen molar-refractivity contribution in [2.75, 3.05) is 12.4 Å². The third-order valence-corrected chi connectivity index (χ3v) is 2.82. The monoisotopic (exact) mass is 209 g/mol. The van der Waals surface area contributed by atoms with Gasteiger partial charge in [-0.25, -0.2) is 4.98 Å². The number of nitrogens with one attached hydrogen (secondary N) is 1. The molecule has 0 amide bonds. The maximum absolute atomic E-state index is 13.1. The van der Waals surface area contributed by atoms with Gasteiger partial charge in [0.2, 0.25) is 5.95 Å². The maximum atomic E-state index is 13.1. The van der Waals surface area contributed by atoms with Crippen LogP contribution in [0.4, 0.5) is 9.39 Å². The van der Waals surface area contributed by atoms with Gasteiger partial charge in [0.05, 0.1) is 0 Å². The number of rotatable bonds is 2. The predicted octanol–water partition coefficient (Wildman–Crippen LogP) is 2.39. The minimum absolute atomic E-state index is 0.448. The lowest BCUT2D eigenvalue weighted by Crippen LogP contribution is -1.86. The van der Waals surface area contributed by atoms with Crippen LogP contribution in [0.1, 0.15) is 0 Å². The van der Waals surface area contributed by atoms with Crippen molar-refractivity contribution < 1.29 is 4.39 Å². The molecule has 0 spiro atoms. The second-order valence-corrected chi connectivity index (χ2v) is 3.63. The van der Waals surface area contributed by atoms with Crippen LogP contribution in [0.5, 0.6) is 0 Å². The number of hydrogen-bond donors (Lipinski definition) is 1. The summed E-state index contributed by atoms with van der Waals surface area (Å²) in [6, 6.07) is 3.65. The van der Waals surface area contributed by atoms with Crippen molar-refractivity contribution in [3.05, 3.63) is 30.5 Å². The van der Waals surface area contributed by atoms with Gasteiger partial charge in [0.1, 0.15) is 10.0 Å². The third kappa shape index (κ3) is 1.58. The van der Waals surface area contributed by atoms with Crippen LogP contribution >= 0.6 is 11.3 Å². The van der Waals surface area contributed by atoms with Crippen LogP contribution in [0.3, 0.4) is 0 Å². The van der Waals surface area contributed by atoms with Gasteiger partial charge in [-0.3, -0.25) is 4.98 Å². The Balaban J connectivity index is 2.43. The second kappa shape index (κ2) is 3.71. The molecule has 0 aliphatic carbocycles. The fraction of sp³-hybridized carbons (Fsp3) is 0.111. The number of aromatic nitrogens is 2. The fourth-order valence-electron chi connectivity index (χ4n) is 1.07. The number of halogens is 1. The summed E-state index contributed by atoms with van der Waals surface area (Å²) in [7, 11) is 1.67. The number of pyridine rings is 1. The molecule has 14 heavy (non-hydrogen) atoms. The van der Waals surface area contributed by atoms with Gasteiger partial charge >= 0.3 is 0 Å². The van der Waals surface area contributed by atoms with Gasteiger partial charge in [0.25, 0.3) is 0 Å². The minimum Gasteiger partial charge on any atom is -0.376 e. The van der Waals surface area contributed by atoms with Crippen LogP contribution < -0.4 is 5.32 Å². The van der Waals surface area contributed by atoms with Gasteiger partial charge in [-0.15, -0.1) is 0 Å². The van der Waals surface area contributed by atoms with E-state index in [1.165, 1.54) is 11.3 Å². The average Bonchev–Trinajstić information content (AvgIpc) is 2.61. The van der Waals surface area contributed by atoms with E-state index in [1.807, 2.05) is 6.07 Å². The number of hydrogen-bond acceptors (Lipinski definition) is 4. The summed E-state index contributed by atoms with van der Waals surface area (Å²) >= 11 is 1.28. The second-order valence-electron chi connectivity index (χ2n) is 2.63. The Labute approximate surface area is 84.6 Å². The van der Waals surface area contributed by atoms with E-state index < -0.39 is 5.95 Å². The Bertz CT molecular complexity index is 427. The summed E-state index contributed by atoms with van der Waals surface area (Å²) in [5.41, 5.74) is 0.831. The number of thiazole rings is 1. The van der Waals surface area contributed by atoms with E-state index in [4.69, 9.17) is 0 Å². The van der Waals surface area contributed by atoms with E-state index >= 15 is 0 Å². The van der Waals surface area contributed by atoms with Crippen molar-refractivity contribution in [2.45, 2.75) is 0 Å². The Kier molecular flexibility index (Phi) is 2.41. The van der Waals surface area contributed by atoms with Gasteiger partial charge < -0.3 is 5.32 Å². The highest BCUT2D eigenvalue weighted by Crippen LogP contribution is 2.29. The van der Waals surface area contributed by atoms with Crippen LogP contribution in [0.25, 0.3) is 10.6 Å². The first-order valence-electron chi connectivity index (χ1n) is 4.05. The summed E-state index contributed by atoms with van der Waals surface area (Å²) in [5, 5.41) is 3.83. The van der Waals surface area contributed by atoms with Crippen LogP contribution in [0, 0.1) is 5.95 Å². The highest BCUT2D eigenvalue weighted by atomic mass is 32.1. The molecule has 72 valence electrons. The summed E-state index contributed by atoms with van der Waals surface area (Å²) in [6.07, 6.45) is 3.34. The number of nitrogens with zero attached hydrogens (tertiary/aromatic N) is 2. The molecule has 0 saturated heterocycles. The molecule has 2 aromatic rings. The molecule has 0 saturated carbocycles. The molecule has 2 aromatic heterocycles. The van der Waals surface area contributed by atoms with Gasteiger partial charge in [-0.05, 0) is 12.1 Å². The van der Waals surface area contributed by atoms with Crippen LogP contribution in [0.15, 0.2) is 24.5 Å². The molecule has 0 aliphatic rings. The molecule has 0 fully saturated rings. The third-order valence-electron chi connectivity index (χ3n) is 1.72.